The number of halogens is 2. The molecule has 1 aliphatic rings. The zero-order chi connectivity index (χ0) is 27.1. The van der Waals surface area contributed by atoms with Gasteiger partial charge in [0.1, 0.15) is 12.0 Å². The van der Waals surface area contributed by atoms with E-state index in [0.717, 1.165) is 15.6 Å². The van der Waals surface area contributed by atoms with E-state index in [1.165, 1.54) is 17.0 Å². The van der Waals surface area contributed by atoms with E-state index in [9.17, 15) is 28.3 Å². The van der Waals surface area contributed by atoms with Gasteiger partial charge in [0, 0.05) is 39.3 Å². The molecular weight excluding hydrogens is 488 g/mol. The number of rotatable bonds is 11. The number of amides is 2. The minimum atomic E-state index is -1.17. The quantitative estimate of drug-likeness (QED) is 0.356. The number of nitrogens with zero attached hydrogens (tertiary/aromatic N) is 5. The van der Waals surface area contributed by atoms with Crippen LogP contribution in [0.25, 0.3) is 5.69 Å². The van der Waals surface area contributed by atoms with Crippen molar-refractivity contribution in [1.82, 2.24) is 24.8 Å². The van der Waals surface area contributed by atoms with Crippen LogP contribution in [-0.4, -0.2) is 87.6 Å². The third-order valence-corrected chi connectivity index (χ3v) is 6.32. The van der Waals surface area contributed by atoms with E-state index < -0.39 is 35.6 Å². The van der Waals surface area contributed by atoms with Gasteiger partial charge in [0.05, 0.1) is 11.7 Å². The van der Waals surface area contributed by atoms with Crippen LogP contribution in [0.1, 0.15) is 49.3 Å². The molecule has 12 heteroatoms. The molecule has 1 N–H and O–H groups in total. The Morgan fingerprint density at radius 2 is 2.03 bits per heavy atom. The van der Waals surface area contributed by atoms with Gasteiger partial charge < -0.3 is 24.4 Å². The van der Waals surface area contributed by atoms with Crippen LogP contribution in [0.5, 0.6) is 0 Å². The summed E-state index contributed by atoms with van der Waals surface area (Å²) >= 11 is 0. The van der Waals surface area contributed by atoms with Crippen molar-refractivity contribution < 1.29 is 33.0 Å². The van der Waals surface area contributed by atoms with Gasteiger partial charge in [-0.2, -0.15) is 0 Å². The number of hydrogen-bond acceptors (Lipinski definition) is 6. The molecule has 0 saturated carbocycles. The van der Waals surface area contributed by atoms with Gasteiger partial charge in [0.2, 0.25) is 0 Å². The van der Waals surface area contributed by atoms with Crippen molar-refractivity contribution in [2.45, 2.75) is 45.6 Å². The number of ether oxygens (including phenoxy) is 1. The highest BCUT2D eigenvalue weighted by Crippen LogP contribution is 2.26. The Morgan fingerprint density at radius 1 is 1.27 bits per heavy atom. The highest BCUT2D eigenvalue weighted by Gasteiger charge is 2.37. The predicted octanol–water partition coefficient (Wildman–Crippen LogP) is 3.18. The third kappa shape index (κ3) is 6.68. The Kier molecular flexibility index (Phi) is 9.67. The van der Waals surface area contributed by atoms with E-state index in [4.69, 9.17) is 4.74 Å². The van der Waals surface area contributed by atoms with E-state index in [1.807, 2.05) is 13.8 Å². The zero-order valence-corrected chi connectivity index (χ0v) is 21.3. The summed E-state index contributed by atoms with van der Waals surface area (Å²) in [6.45, 7) is 4.72. The van der Waals surface area contributed by atoms with Crippen LogP contribution in [-0.2, 0) is 16.0 Å². The molecule has 10 nitrogen and oxygen atoms in total. The van der Waals surface area contributed by atoms with Gasteiger partial charge in [-0.3, -0.25) is 4.79 Å². The van der Waals surface area contributed by atoms with Crippen LogP contribution in [0, 0.1) is 23.5 Å². The first-order chi connectivity index (χ1) is 17.7. The lowest BCUT2D eigenvalue weighted by molar-refractivity contribution is -0.113. The van der Waals surface area contributed by atoms with Gasteiger partial charge >= 0.3 is 6.09 Å². The molecule has 2 amide bonds. The Labute approximate surface area is 214 Å². The van der Waals surface area contributed by atoms with Gasteiger partial charge in [0.15, 0.2) is 17.3 Å². The topological polar surface area (TPSA) is 118 Å². The molecule has 1 aromatic heterocycles. The molecule has 0 radical (unpaired) electrons. The minimum Gasteiger partial charge on any atom is -0.465 e. The number of carbonyl (C=O) groups excluding carboxylic acids is 2. The lowest BCUT2D eigenvalue weighted by Gasteiger charge is -2.41. The van der Waals surface area contributed by atoms with Crippen molar-refractivity contribution in [3.8, 4) is 5.69 Å². The van der Waals surface area contributed by atoms with Crippen LogP contribution in [0.4, 0.5) is 13.6 Å². The summed E-state index contributed by atoms with van der Waals surface area (Å²) in [4.78, 5) is 39.9. The van der Waals surface area contributed by atoms with E-state index >= 15 is 0 Å². The SMILES string of the molecule is COCCCCc1c(C(=O)N(CC(C)C)[C@H]2C[C@@H](C=O)CN(C(=O)O)C2)nnn1-c1cccc(F)c1F. The average Bonchev–Trinajstić information content (AvgIpc) is 3.29. The van der Waals surface area contributed by atoms with E-state index in [1.54, 1.807) is 7.11 Å². The normalized spacial score (nSPS) is 17.7. The Morgan fingerprint density at radius 3 is 2.68 bits per heavy atom. The molecule has 1 fully saturated rings. The number of carboxylic acid groups (broad SMARTS) is 1. The first-order valence-electron chi connectivity index (χ1n) is 12.3. The summed E-state index contributed by atoms with van der Waals surface area (Å²) < 4.78 is 34.9. The number of unbranched alkanes of at least 4 members (excludes halogenated alkanes) is 1. The Hall–Kier alpha value is -3.41. The van der Waals surface area contributed by atoms with E-state index in [0.29, 0.717) is 44.3 Å². The molecule has 3 rings (SSSR count). The number of benzene rings is 1. The molecule has 202 valence electrons. The summed E-state index contributed by atoms with van der Waals surface area (Å²) in [5.41, 5.74) is 0.133. The molecule has 0 spiro atoms. The maximum atomic E-state index is 14.7. The van der Waals surface area contributed by atoms with Crippen molar-refractivity contribution in [1.29, 1.82) is 0 Å². The van der Waals surface area contributed by atoms with E-state index in [2.05, 4.69) is 10.3 Å². The van der Waals surface area contributed by atoms with Crippen molar-refractivity contribution in [2.24, 2.45) is 11.8 Å². The number of piperidine rings is 1. The molecule has 0 bridgehead atoms. The van der Waals surface area contributed by atoms with Gasteiger partial charge in [0.25, 0.3) is 5.91 Å². The van der Waals surface area contributed by atoms with Gasteiger partial charge in [-0.25, -0.2) is 18.3 Å². The molecule has 1 aliphatic heterocycles. The average molecular weight is 522 g/mol. The summed E-state index contributed by atoms with van der Waals surface area (Å²) in [6.07, 6.45) is 1.39. The largest absolute Gasteiger partial charge is 0.465 e. The predicted molar refractivity (Wildman–Crippen MR) is 130 cm³/mol. The maximum absolute atomic E-state index is 14.7. The minimum absolute atomic E-state index is 0.0168. The Bertz CT molecular complexity index is 1110. The van der Waals surface area contributed by atoms with Crippen molar-refractivity contribution >= 4 is 18.3 Å². The molecule has 1 aromatic carbocycles. The lowest BCUT2D eigenvalue weighted by atomic mass is 9.93. The monoisotopic (exact) mass is 521 g/mol. The van der Waals surface area contributed by atoms with E-state index in [-0.39, 0.29) is 36.9 Å². The number of methoxy groups -OCH3 is 1. The van der Waals surface area contributed by atoms with Crippen LogP contribution in [0.3, 0.4) is 0 Å². The fourth-order valence-electron chi connectivity index (χ4n) is 4.60. The molecule has 2 heterocycles. The maximum Gasteiger partial charge on any atom is 0.407 e. The molecule has 2 atom stereocenters. The van der Waals surface area contributed by atoms with Gasteiger partial charge in [-0.05, 0) is 43.7 Å². The second-order valence-electron chi connectivity index (χ2n) is 9.64. The smallest absolute Gasteiger partial charge is 0.407 e. The zero-order valence-electron chi connectivity index (χ0n) is 21.3. The number of carbonyl (C=O) groups is 3. The fraction of sp³-hybridized carbons (Fsp3) is 0.560. The van der Waals surface area contributed by atoms with Crippen LogP contribution >= 0.6 is 0 Å². The summed E-state index contributed by atoms with van der Waals surface area (Å²) in [5.74, 6) is -3.19. The second-order valence-corrected chi connectivity index (χ2v) is 9.64. The molecule has 2 aromatic rings. The van der Waals surface area contributed by atoms with Gasteiger partial charge in [-0.1, -0.05) is 25.1 Å². The highest BCUT2D eigenvalue weighted by molar-refractivity contribution is 5.93. The van der Waals surface area contributed by atoms with Crippen molar-refractivity contribution in [2.75, 3.05) is 33.4 Å². The number of aldehydes is 1. The van der Waals surface area contributed by atoms with Crippen LogP contribution in [0.15, 0.2) is 18.2 Å². The molecular formula is C25H33F2N5O5. The second kappa shape index (κ2) is 12.7. The fourth-order valence-corrected chi connectivity index (χ4v) is 4.60. The standard InChI is InChI=1S/C25H33F2N5O5/c1-16(2)12-31(18-11-17(15-33)13-30(14-18)25(35)36)24(34)23-21(8-4-5-10-37-3)32(29-28-23)20-9-6-7-19(26)22(20)27/h6-7,9,15-18H,4-5,8,10-14H2,1-3H3,(H,35,36)/t17-,18+/m1/s1. The van der Waals surface area contributed by atoms with Crippen molar-refractivity contribution in [3.63, 3.8) is 0 Å². The molecule has 0 aliphatic carbocycles. The number of aromatic nitrogens is 3. The summed E-state index contributed by atoms with van der Waals surface area (Å²) in [6, 6.07) is 3.13. The molecule has 37 heavy (non-hydrogen) atoms. The Balaban J connectivity index is 2.03. The van der Waals surface area contributed by atoms with Crippen LogP contribution < -0.4 is 0 Å². The number of hydrogen-bond donors (Lipinski definition) is 1. The lowest BCUT2D eigenvalue weighted by Crippen LogP contribution is -2.55. The van der Waals surface area contributed by atoms with Crippen molar-refractivity contribution in [3.05, 3.63) is 41.2 Å². The molecule has 1 saturated heterocycles. The van der Waals surface area contributed by atoms with Gasteiger partial charge in [-0.15, -0.1) is 5.10 Å². The first kappa shape index (κ1) is 28.2. The first-order valence-corrected chi connectivity index (χ1v) is 12.3. The number of likely N-dealkylation sites (tertiary alicyclic amines) is 1. The summed E-state index contributed by atoms with van der Waals surface area (Å²) in [7, 11) is 1.57. The highest BCUT2D eigenvalue weighted by atomic mass is 19.2. The summed E-state index contributed by atoms with van der Waals surface area (Å²) in [5, 5.41) is 17.6. The third-order valence-electron chi connectivity index (χ3n) is 6.32. The molecule has 0 unspecified atom stereocenters. The van der Waals surface area contributed by atoms with Crippen LogP contribution in [0.2, 0.25) is 0 Å².